The van der Waals surface area contributed by atoms with E-state index < -0.39 is 8.24 Å². The van der Waals surface area contributed by atoms with Gasteiger partial charge in [-0.15, -0.1) is 0 Å². The van der Waals surface area contributed by atoms with Crippen LogP contribution in [0.3, 0.4) is 0 Å². The van der Waals surface area contributed by atoms with E-state index in [0.29, 0.717) is 22.2 Å². The average molecular weight is 535 g/mol. The van der Waals surface area contributed by atoms with Crippen LogP contribution < -0.4 is 0 Å². The number of aromatic amines is 1. The summed E-state index contributed by atoms with van der Waals surface area (Å²) in [6, 6.07) is 7.65. The second kappa shape index (κ2) is 11.5. The number of nitrogens with zero attached hydrogens (tertiary/aromatic N) is 5. The summed E-state index contributed by atoms with van der Waals surface area (Å²) in [6.07, 6.45) is 7.32. The molecule has 0 aliphatic rings. The molecule has 4 rings (SSSR count). The summed E-state index contributed by atoms with van der Waals surface area (Å²) in [5.41, 5.74) is 4.80. The number of H-pyrrole nitrogens is 1. The first-order valence-corrected chi connectivity index (χ1v) is 15.3. The molecular formula is C29H42N6O2Si. The molecule has 0 aromatic carbocycles. The van der Waals surface area contributed by atoms with E-state index in [4.69, 9.17) is 0 Å². The molecule has 0 fully saturated rings. The number of carbonyl (C=O) groups is 2. The van der Waals surface area contributed by atoms with Gasteiger partial charge >= 0.3 is 0 Å². The van der Waals surface area contributed by atoms with E-state index in [1.54, 1.807) is 50.4 Å². The van der Waals surface area contributed by atoms with E-state index in [1.807, 2.05) is 30.5 Å². The smallest absolute Gasteiger partial charge is 0.255 e. The van der Waals surface area contributed by atoms with Gasteiger partial charge in [-0.05, 0) is 40.9 Å². The fraction of sp³-hybridized carbons (Fsp3) is 0.448. The Morgan fingerprint density at radius 3 is 1.82 bits per heavy atom. The van der Waals surface area contributed by atoms with Crippen LogP contribution in [0.2, 0.25) is 16.6 Å². The molecule has 4 aromatic heterocycles. The molecule has 38 heavy (non-hydrogen) atoms. The minimum Gasteiger partial charge on any atom is -0.358 e. The maximum Gasteiger partial charge on any atom is 0.255 e. The Morgan fingerprint density at radius 1 is 0.789 bits per heavy atom. The van der Waals surface area contributed by atoms with E-state index >= 15 is 0 Å². The van der Waals surface area contributed by atoms with E-state index in [2.05, 4.69) is 66.9 Å². The van der Waals surface area contributed by atoms with Crippen LogP contribution >= 0.6 is 0 Å². The molecule has 4 aromatic rings. The molecule has 0 aliphatic heterocycles. The topological polar surface area (TPSA) is 87.1 Å². The van der Waals surface area contributed by atoms with Gasteiger partial charge in [0.15, 0.2) is 8.24 Å². The fourth-order valence-electron chi connectivity index (χ4n) is 5.97. The van der Waals surface area contributed by atoms with Crippen molar-refractivity contribution in [2.75, 3.05) is 28.2 Å². The second-order valence-electron chi connectivity index (χ2n) is 11.1. The minimum atomic E-state index is -1.94. The molecule has 0 saturated carbocycles. The normalized spacial score (nSPS) is 11.8. The van der Waals surface area contributed by atoms with Crippen LogP contribution in [0.1, 0.15) is 62.3 Å². The Kier molecular flexibility index (Phi) is 8.81. The number of pyridine rings is 2. The summed E-state index contributed by atoms with van der Waals surface area (Å²) in [5, 5.41) is 1.83. The Hall–Kier alpha value is -3.46. The van der Waals surface area contributed by atoms with Crippen molar-refractivity contribution in [3.63, 3.8) is 0 Å². The largest absolute Gasteiger partial charge is 0.358 e. The summed E-state index contributed by atoms with van der Waals surface area (Å²) in [5.74, 6) is 0.0372. The van der Waals surface area contributed by atoms with Gasteiger partial charge in [0.05, 0.1) is 11.1 Å². The zero-order chi connectivity index (χ0) is 28.4. The number of amides is 2. The number of fused-ring (bicyclic) bond motifs is 2. The standard InChI is InChI=1S/C19H31N3OSi.C10H11N3O/c1-13(2)24(14(3)4,15(5)6)22-12-17(19(23)21(7)8)16-10-9-11-20-18(16)22;1-13(2)10(14)8-6-12-9-7(8)4-3-5-11-9/h9-15H,1-8H3;3-6H,1-2H3,(H,11,12). The summed E-state index contributed by atoms with van der Waals surface area (Å²) in [6.45, 7) is 14.0. The molecule has 9 heteroatoms. The van der Waals surface area contributed by atoms with Crippen LogP contribution in [-0.4, -0.2) is 77.2 Å². The Balaban J connectivity index is 0.000000241. The highest BCUT2D eigenvalue weighted by molar-refractivity contribution is 6.82. The van der Waals surface area contributed by atoms with Crippen molar-refractivity contribution in [1.29, 1.82) is 0 Å². The van der Waals surface area contributed by atoms with E-state index in [9.17, 15) is 9.59 Å². The number of aromatic nitrogens is 4. The van der Waals surface area contributed by atoms with Gasteiger partial charge in [0, 0.05) is 63.8 Å². The second-order valence-corrected chi connectivity index (χ2v) is 16.9. The van der Waals surface area contributed by atoms with Crippen molar-refractivity contribution < 1.29 is 9.59 Å². The van der Waals surface area contributed by atoms with Gasteiger partial charge in [-0.3, -0.25) is 9.59 Å². The third-order valence-corrected chi connectivity index (χ3v) is 14.2. The molecule has 1 N–H and O–H groups in total. The Morgan fingerprint density at radius 2 is 1.29 bits per heavy atom. The van der Waals surface area contributed by atoms with Crippen LogP contribution in [0.25, 0.3) is 22.1 Å². The van der Waals surface area contributed by atoms with Crippen LogP contribution in [0.15, 0.2) is 49.1 Å². The highest BCUT2D eigenvalue weighted by Gasteiger charge is 2.46. The molecule has 0 bridgehead atoms. The predicted octanol–water partition coefficient (Wildman–Crippen LogP) is 6.03. The third kappa shape index (κ3) is 5.12. The number of rotatable bonds is 6. The van der Waals surface area contributed by atoms with Crippen molar-refractivity contribution in [2.45, 2.75) is 58.2 Å². The number of nitrogens with one attached hydrogen (secondary N) is 1. The van der Waals surface area contributed by atoms with E-state index in [0.717, 1.165) is 27.6 Å². The van der Waals surface area contributed by atoms with E-state index in [-0.39, 0.29) is 11.8 Å². The summed E-state index contributed by atoms with van der Waals surface area (Å²) >= 11 is 0. The first-order chi connectivity index (χ1) is 17.8. The van der Waals surface area contributed by atoms with Gasteiger partial charge in [-0.1, -0.05) is 41.5 Å². The SMILES string of the molecule is CC(C)[Si](C(C)C)(C(C)C)n1cc(C(=O)N(C)C)c2cccnc21.CN(C)C(=O)c1c[nH]c2ncccc12. The first-order valence-electron chi connectivity index (χ1n) is 13.2. The van der Waals surface area contributed by atoms with E-state index in [1.165, 1.54) is 0 Å². The first kappa shape index (κ1) is 29.1. The average Bonchev–Trinajstić information content (AvgIpc) is 3.45. The van der Waals surface area contributed by atoms with Gasteiger partial charge in [0.1, 0.15) is 11.3 Å². The maximum atomic E-state index is 12.7. The molecule has 0 radical (unpaired) electrons. The monoisotopic (exact) mass is 534 g/mol. The fourth-order valence-corrected chi connectivity index (χ4v) is 12.5. The zero-order valence-corrected chi connectivity index (χ0v) is 25.4. The molecule has 0 saturated heterocycles. The van der Waals surface area contributed by atoms with Crippen LogP contribution in [-0.2, 0) is 0 Å². The van der Waals surface area contributed by atoms with Gasteiger partial charge in [-0.2, -0.15) is 0 Å². The lowest BCUT2D eigenvalue weighted by Gasteiger charge is -2.44. The summed E-state index contributed by atoms with van der Waals surface area (Å²) in [4.78, 5) is 39.4. The molecule has 0 aliphatic carbocycles. The maximum absolute atomic E-state index is 12.7. The quantitative estimate of drug-likeness (QED) is 0.306. The molecule has 0 atom stereocenters. The van der Waals surface area contributed by atoms with Crippen molar-refractivity contribution >= 4 is 42.1 Å². The van der Waals surface area contributed by atoms with Crippen molar-refractivity contribution in [3.8, 4) is 0 Å². The Bertz CT molecular complexity index is 1400. The highest BCUT2D eigenvalue weighted by Crippen LogP contribution is 2.44. The lowest BCUT2D eigenvalue weighted by molar-refractivity contribution is 0.0822. The molecule has 2 amide bonds. The summed E-state index contributed by atoms with van der Waals surface area (Å²) in [7, 11) is 5.13. The van der Waals surface area contributed by atoms with Crippen LogP contribution in [0, 0.1) is 0 Å². The van der Waals surface area contributed by atoms with Crippen molar-refractivity contribution in [2.24, 2.45) is 0 Å². The van der Waals surface area contributed by atoms with Gasteiger partial charge < -0.3 is 19.0 Å². The third-order valence-electron chi connectivity index (χ3n) is 7.48. The highest BCUT2D eigenvalue weighted by atomic mass is 28.3. The number of carbonyl (C=O) groups excluding carboxylic acids is 2. The minimum absolute atomic E-state index is 0.00995. The van der Waals surface area contributed by atoms with Crippen LogP contribution in [0.5, 0.6) is 0 Å². The van der Waals surface area contributed by atoms with Crippen molar-refractivity contribution in [3.05, 3.63) is 60.2 Å². The van der Waals surface area contributed by atoms with Gasteiger partial charge in [-0.25, -0.2) is 9.97 Å². The molecule has 204 valence electrons. The summed E-state index contributed by atoms with van der Waals surface area (Å²) < 4.78 is 2.42. The van der Waals surface area contributed by atoms with Gasteiger partial charge in [0.2, 0.25) is 0 Å². The van der Waals surface area contributed by atoms with Crippen molar-refractivity contribution in [1.82, 2.24) is 29.0 Å². The predicted molar refractivity (Wildman–Crippen MR) is 158 cm³/mol. The molecule has 4 heterocycles. The molecule has 0 unspecified atom stereocenters. The zero-order valence-electron chi connectivity index (χ0n) is 24.4. The molecule has 8 nitrogen and oxygen atoms in total. The lowest BCUT2D eigenvalue weighted by Crippen LogP contribution is -2.51. The van der Waals surface area contributed by atoms with Crippen LogP contribution in [0.4, 0.5) is 0 Å². The lowest BCUT2D eigenvalue weighted by atomic mass is 10.2. The Labute approximate surface area is 227 Å². The number of hydrogen-bond donors (Lipinski definition) is 1. The number of hydrogen-bond acceptors (Lipinski definition) is 4. The van der Waals surface area contributed by atoms with Gasteiger partial charge in [0.25, 0.3) is 11.8 Å². The molecule has 0 spiro atoms. The molecular weight excluding hydrogens is 492 g/mol.